The van der Waals surface area contributed by atoms with Gasteiger partial charge in [-0.05, 0) is 12.8 Å². The molecular weight excluding hydrogens is 194 g/mol. The second-order valence-corrected chi connectivity index (χ2v) is 3.25. The van der Waals surface area contributed by atoms with Gasteiger partial charge in [0.15, 0.2) is 0 Å². The number of carbonyl (C=O) groups excluding carboxylic acids is 1. The van der Waals surface area contributed by atoms with Crippen molar-refractivity contribution in [3.63, 3.8) is 0 Å². The van der Waals surface area contributed by atoms with Crippen LogP contribution in [0.1, 0.15) is 25.2 Å². The highest BCUT2D eigenvalue weighted by molar-refractivity contribution is 5.69. The zero-order chi connectivity index (χ0) is 11.4. The molecule has 1 rings (SSSR count). The molecule has 0 bridgehead atoms. The summed E-state index contributed by atoms with van der Waals surface area (Å²) in [6.07, 6.45) is 1.53. The number of esters is 1. The second kappa shape index (κ2) is 4.82. The Balaban J connectivity index is 3.01. The number of carbonyl (C=O) groups is 1. The van der Waals surface area contributed by atoms with E-state index in [1.54, 1.807) is 4.68 Å². The van der Waals surface area contributed by atoms with Crippen LogP contribution in [0.2, 0.25) is 0 Å². The Bertz CT molecular complexity index is 358. The van der Waals surface area contributed by atoms with E-state index in [0.29, 0.717) is 5.69 Å². The molecule has 0 radical (unpaired) electrons. The van der Waals surface area contributed by atoms with Crippen molar-refractivity contribution in [2.75, 3.05) is 12.8 Å². The highest BCUT2D eigenvalue weighted by atomic mass is 16.5. The van der Waals surface area contributed by atoms with E-state index < -0.39 is 0 Å². The van der Waals surface area contributed by atoms with Crippen LogP contribution in [-0.4, -0.2) is 22.9 Å². The minimum atomic E-state index is -0.310. The lowest BCUT2D eigenvalue weighted by molar-refractivity contribution is -0.141. The fraction of sp³-hybridized carbons (Fsp3) is 0.600. The number of methoxy groups -OCH3 is 1. The Kier molecular flexibility index (Phi) is 3.71. The molecular formula is C10H17N3O2. The topological polar surface area (TPSA) is 70.1 Å². The number of hydrogen-bond acceptors (Lipinski definition) is 4. The van der Waals surface area contributed by atoms with Crippen LogP contribution in [0.4, 0.5) is 5.69 Å². The van der Waals surface area contributed by atoms with Gasteiger partial charge in [-0.3, -0.25) is 9.48 Å². The lowest BCUT2D eigenvalue weighted by Gasteiger charge is -2.04. The van der Waals surface area contributed by atoms with Gasteiger partial charge in [0.1, 0.15) is 6.54 Å². The highest BCUT2D eigenvalue weighted by Gasteiger charge is 2.14. The molecule has 5 nitrogen and oxygen atoms in total. The normalized spacial score (nSPS) is 10.3. The van der Waals surface area contributed by atoms with Crippen LogP contribution in [0.3, 0.4) is 0 Å². The van der Waals surface area contributed by atoms with Crippen molar-refractivity contribution < 1.29 is 9.53 Å². The first-order valence-corrected chi connectivity index (χ1v) is 5.04. The lowest BCUT2D eigenvalue weighted by Crippen LogP contribution is -2.15. The van der Waals surface area contributed by atoms with Crippen molar-refractivity contribution in [1.82, 2.24) is 9.78 Å². The number of aryl methyl sites for hydroxylation is 1. The van der Waals surface area contributed by atoms with Crippen LogP contribution in [0.15, 0.2) is 0 Å². The summed E-state index contributed by atoms with van der Waals surface area (Å²) in [5.74, 6) is -0.310. The molecule has 2 N–H and O–H groups in total. The zero-order valence-electron chi connectivity index (χ0n) is 9.41. The van der Waals surface area contributed by atoms with Gasteiger partial charge in [0.2, 0.25) is 0 Å². The maximum Gasteiger partial charge on any atom is 0.327 e. The molecule has 15 heavy (non-hydrogen) atoms. The largest absolute Gasteiger partial charge is 0.468 e. The summed E-state index contributed by atoms with van der Waals surface area (Å²) in [4.78, 5) is 11.1. The minimum Gasteiger partial charge on any atom is -0.468 e. The summed E-state index contributed by atoms with van der Waals surface area (Å²) in [5.41, 5.74) is 8.35. The van der Waals surface area contributed by atoms with E-state index in [9.17, 15) is 4.79 Å². The van der Waals surface area contributed by atoms with Crippen molar-refractivity contribution in [2.45, 2.75) is 33.2 Å². The molecule has 0 aliphatic carbocycles. The van der Waals surface area contributed by atoms with Gasteiger partial charge in [0.05, 0.1) is 24.2 Å². The molecule has 0 unspecified atom stereocenters. The average Bonchev–Trinajstić information content (AvgIpc) is 2.54. The van der Waals surface area contributed by atoms with Gasteiger partial charge in [-0.15, -0.1) is 0 Å². The Hall–Kier alpha value is -1.52. The number of nitrogens with zero attached hydrogens (tertiary/aromatic N) is 2. The van der Waals surface area contributed by atoms with Crippen molar-refractivity contribution >= 4 is 11.7 Å². The smallest absolute Gasteiger partial charge is 0.327 e. The lowest BCUT2D eigenvalue weighted by atomic mass is 10.2. The van der Waals surface area contributed by atoms with Crippen molar-refractivity contribution in [1.29, 1.82) is 0 Å². The van der Waals surface area contributed by atoms with Gasteiger partial charge >= 0.3 is 5.97 Å². The van der Waals surface area contributed by atoms with E-state index in [-0.39, 0.29) is 12.5 Å². The molecule has 0 saturated heterocycles. The molecule has 84 valence electrons. The molecule has 5 heteroatoms. The number of hydrogen-bond donors (Lipinski definition) is 1. The monoisotopic (exact) mass is 211 g/mol. The van der Waals surface area contributed by atoms with Gasteiger partial charge in [0.25, 0.3) is 0 Å². The molecule has 0 saturated carbocycles. The summed E-state index contributed by atoms with van der Waals surface area (Å²) in [6, 6.07) is 0. The van der Waals surface area contributed by atoms with Gasteiger partial charge in [-0.25, -0.2) is 0 Å². The third kappa shape index (κ3) is 2.29. The van der Waals surface area contributed by atoms with E-state index in [4.69, 9.17) is 5.73 Å². The van der Waals surface area contributed by atoms with Gasteiger partial charge < -0.3 is 10.5 Å². The Morgan fingerprint density at radius 3 is 2.60 bits per heavy atom. The standard InChI is InChI=1S/C10H17N3O2/c1-4-7-10(11)8(5-2)13(12-7)6-9(14)15-3/h4-6,11H2,1-3H3. The van der Waals surface area contributed by atoms with Crippen molar-refractivity contribution in [3.8, 4) is 0 Å². The van der Waals surface area contributed by atoms with E-state index in [1.165, 1.54) is 7.11 Å². The van der Waals surface area contributed by atoms with Crippen LogP contribution in [0.5, 0.6) is 0 Å². The van der Waals surface area contributed by atoms with Crippen LogP contribution in [-0.2, 0) is 28.9 Å². The highest BCUT2D eigenvalue weighted by Crippen LogP contribution is 2.18. The Morgan fingerprint density at radius 2 is 2.13 bits per heavy atom. The van der Waals surface area contributed by atoms with Crippen LogP contribution < -0.4 is 5.73 Å². The second-order valence-electron chi connectivity index (χ2n) is 3.25. The number of nitrogen functional groups attached to an aromatic ring is 1. The third-order valence-electron chi connectivity index (χ3n) is 2.35. The molecule has 0 aromatic carbocycles. The molecule has 0 aliphatic heterocycles. The van der Waals surface area contributed by atoms with Crippen molar-refractivity contribution in [2.24, 2.45) is 0 Å². The summed E-state index contributed by atoms with van der Waals surface area (Å²) in [6.45, 7) is 4.10. The quantitative estimate of drug-likeness (QED) is 0.746. The maximum atomic E-state index is 11.1. The van der Waals surface area contributed by atoms with Crippen LogP contribution in [0, 0.1) is 0 Å². The fourth-order valence-electron chi connectivity index (χ4n) is 1.52. The summed E-state index contributed by atoms with van der Waals surface area (Å²) in [7, 11) is 1.36. The van der Waals surface area contributed by atoms with Crippen LogP contribution >= 0.6 is 0 Å². The van der Waals surface area contributed by atoms with Crippen molar-refractivity contribution in [3.05, 3.63) is 11.4 Å². The minimum absolute atomic E-state index is 0.129. The van der Waals surface area contributed by atoms with Crippen LogP contribution in [0.25, 0.3) is 0 Å². The number of ether oxygens (including phenoxy) is 1. The summed E-state index contributed by atoms with van der Waals surface area (Å²) in [5, 5.41) is 4.28. The van der Waals surface area contributed by atoms with E-state index in [1.807, 2.05) is 13.8 Å². The molecule has 0 aliphatic rings. The van der Waals surface area contributed by atoms with Gasteiger partial charge in [-0.2, -0.15) is 5.10 Å². The molecule has 1 aromatic rings. The molecule has 0 amide bonds. The number of anilines is 1. The third-order valence-corrected chi connectivity index (χ3v) is 2.35. The van der Waals surface area contributed by atoms with Gasteiger partial charge in [-0.1, -0.05) is 13.8 Å². The average molecular weight is 211 g/mol. The van der Waals surface area contributed by atoms with Gasteiger partial charge in [0, 0.05) is 0 Å². The molecule has 1 aromatic heterocycles. The number of nitrogens with two attached hydrogens (primary N) is 1. The first-order chi connectivity index (χ1) is 7.13. The molecule has 0 fully saturated rings. The summed E-state index contributed by atoms with van der Waals surface area (Å²) >= 11 is 0. The maximum absolute atomic E-state index is 11.1. The number of aromatic nitrogens is 2. The first kappa shape index (κ1) is 11.6. The SMILES string of the molecule is CCc1nn(CC(=O)OC)c(CC)c1N. The molecule has 1 heterocycles. The predicted octanol–water partition coefficient (Wildman–Crippen LogP) is 0.763. The first-order valence-electron chi connectivity index (χ1n) is 5.04. The zero-order valence-corrected chi connectivity index (χ0v) is 9.41. The molecule has 0 spiro atoms. The molecule has 0 atom stereocenters. The Morgan fingerprint density at radius 1 is 1.47 bits per heavy atom. The predicted molar refractivity (Wildman–Crippen MR) is 57.4 cm³/mol. The Labute approximate surface area is 89.2 Å². The van der Waals surface area contributed by atoms with E-state index in [2.05, 4.69) is 9.84 Å². The summed E-state index contributed by atoms with van der Waals surface area (Å²) < 4.78 is 6.22. The van der Waals surface area contributed by atoms with E-state index in [0.717, 1.165) is 24.2 Å². The fourth-order valence-corrected chi connectivity index (χ4v) is 1.52. The number of rotatable bonds is 4. The van der Waals surface area contributed by atoms with E-state index >= 15 is 0 Å².